The summed E-state index contributed by atoms with van der Waals surface area (Å²) in [5.74, 6) is -0.552. The summed E-state index contributed by atoms with van der Waals surface area (Å²) in [6.45, 7) is 2.92. The maximum atomic E-state index is 10.6. The van der Waals surface area contributed by atoms with Crippen LogP contribution < -0.4 is 4.74 Å². The molecule has 0 aliphatic heterocycles. The van der Waals surface area contributed by atoms with Gasteiger partial charge >= 0.3 is 5.97 Å². The van der Waals surface area contributed by atoms with E-state index in [1.165, 1.54) is 12.3 Å². The number of pyridine rings is 1. The monoisotopic (exact) mass is 285 g/mol. The molecule has 1 rings (SSSR count). The first-order valence-corrected chi connectivity index (χ1v) is 6.20. The van der Waals surface area contributed by atoms with E-state index in [1.54, 1.807) is 13.2 Å². The van der Waals surface area contributed by atoms with Crippen molar-refractivity contribution in [2.45, 2.75) is 0 Å². The van der Waals surface area contributed by atoms with Gasteiger partial charge < -0.3 is 24.1 Å². The lowest BCUT2D eigenvalue weighted by Crippen LogP contribution is -2.12. The zero-order chi connectivity index (χ0) is 14.6. The van der Waals surface area contributed by atoms with Crippen LogP contribution in [0.4, 0.5) is 0 Å². The number of methoxy groups -OCH3 is 1. The molecule has 0 spiro atoms. The van der Waals surface area contributed by atoms with E-state index in [0.29, 0.717) is 45.4 Å². The van der Waals surface area contributed by atoms with Crippen LogP contribution in [0.5, 0.6) is 5.75 Å². The molecule has 20 heavy (non-hydrogen) atoms. The molecule has 1 N–H and O–H groups in total. The molecular weight excluding hydrogens is 266 g/mol. The predicted octanol–water partition coefficient (Wildman–Crippen LogP) is 0.838. The molecule has 0 bridgehead atoms. The first-order valence-electron chi connectivity index (χ1n) is 6.20. The van der Waals surface area contributed by atoms with Crippen LogP contribution >= 0.6 is 0 Å². The second-order valence-corrected chi connectivity index (χ2v) is 3.75. The van der Waals surface area contributed by atoms with E-state index in [9.17, 15) is 4.79 Å². The lowest BCUT2D eigenvalue weighted by atomic mass is 10.3. The van der Waals surface area contributed by atoms with Gasteiger partial charge in [-0.15, -0.1) is 0 Å². The van der Waals surface area contributed by atoms with E-state index in [-0.39, 0.29) is 5.69 Å². The van der Waals surface area contributed by atoms with Crippen molar-refractivity contribution in [3.8, 4) is 5.75 Å². The molecule has 0 saturated carbocycles. The molecular formula is C13H19NO6. The summed E-state index contributed by atoms with van der Waals surface area (Å²) in [6, 6.07) is 2.95. The van der Waals surface area contributed by atoms with Crippen LogP contribution in [0.2, 0.25) is 0 Å². The number of carboxylic acids is 1. The van der Waals surface area contributed by atoms with Gasteiger partial charge in [0.15, 0.2) is 0 Å². The second-order valence-electron chi connectivity index (χ2n) is 3.75. The topological polar surface area (TPSA) is 87.1 Å². The Labute approximate surface area is 117 Å². The highest BCUT2D eigenvalue weighted by molar-refractivity contribution is 5.85. The molecule has 0 amide bonds. The summed E-state index contributed by atoms with van der Waals surface area (Å²) >= 11 is 0. The molecule has 0 saturated heterocycles. The SMILES string of the molecule is COCCOCCOCCOc1ccc(C(=O)O)nc1. The smallest absolute Gasteiger partial charge is 0.354 e. The molecule has 7 nitrogen and oxygen atoms in total. The van der Waals surface area contributed by atoms with Gasteiger partial charge in [0.25, 0.3) is 0 Å². The van der Waals surface area contributed by atoms with Gasteiger partial charge in [-0.25, -0.2) is 9.78 Å². The van der Waals surface area contributed by atoms with E-state index in [1.807, 2.05) is 0 Å². The molecule has 1 aromatic heterocycles. The quantitative estimate of drug-likeness (QED) is 0.603. The Kier molecular flexibility index (Phi) is 8.28. The van der Waals surface area contributed by atoms with E-state index in [0.717, 1.165) is 0 Å². The van der Waals surface area contributed by atoms with Crippen molar-refractivity contribution >= 4 is 5.97 Å². The summed E-state index contributed by atoms with van der Waals surface area (Å²) in [6.07, 6.45) is 1.37. The maximum absolute atomic E-state index is 10.6. The van der Waals surface area contributed by atoms with Crippen molar-refractivity contribution in [2.75, 3.05) is 46.8 Å². The second kappa shape index (κ2) is 10.1. The Morgan fingerprint density at radius 2 is 1.75 bits per heavy atom. The number of aromatic carboxylic acids is 1. The minimum absolute atomic E-state index is 0.0122. The average molecular weight is 285 g/mol. The molecule has 0 aliphatic rings. The zero-order valence-electron chi connectivity index (χ0n) is 11.4. The van der Waals surface area contributed by atoms with E-state index >= 15 is 0 Å². The maximum Gasteiger partial charge on any atom is 0.354 e. The van der Waals surface area contributed by atoms with Gasteiger partial charge in [-0.3, -0.25) is 0 Å². The van der Waals surface area contributed by atoms with Crippen LogP contribution in [0.1, 0.15) is 10.5 Å². The Morgan fingerprint density at radius 1 is 1.10 bits per heavy atom. The third kappa shape index (κ3) is 7.03. The minimum Gasteiger partial charge on any atom is -0.490 e. The summed E-state index contributed by atoms with van der Waals surface area (Å²) in [4.78, 5) is 14.3. The van der Waals surface area contributed by atoms with Gasteiger partial charge in [0.2, 0.25) is 0 Å². The fourth-order valence-corrected chi connectivity index (χ4v) is 1.27. The van der Waals surface area contributed by atoms with Crippen molar-refractivity contribution in [3.05, 3.63) is 24.0 Å². The largest absolute Gasteiger partial charge is 0.490 e. The fraction of sp³-hybridized carbons (Fsp3) is 0.538. The first-order chi connectivity index (χ1) is 9.74. The number of aromatic nitrogens is 1. The normalized spacial score (nSPS) is 10.4. The standard InChI is InChI=1S/C13H19NO6/c1-17-4-5-18-6-7-19-8-9-20-11-2-3-12(13(15)16)14-10-11/h2-3,10H,4-9H2,1H3,(H,15,16). The Balaban J connectivity index is 2.02. The Morgan fingerprint density at radius 3 is 2.30 bits per heavy atom. The molecule has 0 radical (unpaired) electrons. The highest BCUT2D eigenvalue weighted by Crippen LogP contribution is 2.08. The zero-order valence-corrected chi connectivity index (χ0v) is 11.4. The van der Waals surface area contributed by atoms with Gasteiger partial charge in [0, 0.05) is 7.11 Å². The molecule has 0 fully saturated rings. The Hall–Kier alpha value is -1.70. The summed E-state index contributed by atoms with van der Waals surface area (Å²) in [5, 5.41) is 8.68. The molecule has 1 aromatic rings. The number of hydrogen-bond acceptors (Lipinski definition) is 6. The molecule has 0 unspecified atom stereocenters. The van der Waals surface area contributed by atoms with E-state index in [2.05, 4.69) is 4.98 Å². The molecule has 7 heteroatoms. The van der Waals surface area contributed by atoms with Gasteiger partial charge in [-0.1, -0.05) is 0 Å². The van der Waals surface area contributed by atoms with Gasteiger partial charge in [-0.05, 0) is 12.1 Å². The molecule has 112 valence electrons. The van der Waals surface area contributed by atoms with Crippen molar-refractivity contribution in [1.29, 1.82) is 0 Å². The third-order valence-electron chi connectivity index (χ3n) is 2.26. The lowest BCUT2D eigenvalue weighted by Gasteiger charge is -2.07. The van der Waals surface area contributed by atoms with Crippen molar-refractivity contribution in [1.82, 2.24) is 4.98 Å². The van der Waals surface area contributed by atoms with Crippen LogP contribution in [0, 0.1) is 0 Å². The summed E-state index contributed by atoms with van der Waals surface area (Å²) < 4.78 is 20.7. The van der Waals surface area contributed by atoms with Crippen molar-refractivity contribution < 1.29 is 28.8 Å². The molecule has 1 heterocycles. The molecule has 0 aliphatic carbocycles. The van der Waals surface area contributed by atoms with Crippen LogP contribution in [0.3, 0.4) is 0 Å². The summed E-state index contributed by atoms with van der Waals surface area (Å²) in [5.41, 5.74) is -0.0122. The number of carbonyl (C=O) groups is 1. The fourth-order valence-electron chi connectivity index (χ4n) is 1.27. The minimum atomic E-state index is -1.06. The van der Waals surface area contributed by atoms with E-state index in [4.69, 9.17) is 24.1 Å². The van der Waals surface area contributed by atoms with Crippen LogP contribution in [-0.2, 0) is 14.2 Å². The van der Waals surface area contributed by atoms with Gasteiger partial charge in [0.05, 0.1) is 39.2 Å². The van der Waals surface area contributed by atoms with Gasteiger partial charge in [-0.2, -0.15) is 0 Å². The number of hydrogen-bond donors (Lipinski definition) is 1. The Bertz CT molecular complexity index is 381. The third-order valence-corrected chi connectivity index (χ3v) is 2.26. The summed E-state index contributed by atoms with van der Waals surface area (Å²) in [7, 11) is 1.62. The number of rotatable bonds is 11. The van der Waals surface area contributed by atoms with E-state index < -0.39 is 5.97 Å². The van der Waals surface area contributed by atoms with Crippen LogP contribution in [-0.4, -0.2) is 62.8 Å². The number of nitrogens with zero attached hydrogens (tertiary/aromatic N) is 1. The lowest BCUT2D eigenvalue weighted by molar-refractivity contribution is 0.0179. The molecule has 0 atom stereocenters. The van der Waals surface area contributed by atoms with Crippen molar-refractivity contribution in [3.63, 3.8) is 0 Å². The van der Waals surface area contributed by atoms with Crippen molar-refractivity contribution in [2.24, 2.45) is 0 Å². The first kappa shape index (κ1) is 16.4. The highest BCUT2D eigenvalue weighted by atomic mass is 16.6. The van der Waals surface area contributed by atoms with Crippen LogP contribution in [0.25, 0.3) is 0 Å². The highest BCUT2D eigenvalue weighted by Gasteiger charge is 2.03. The average Bonchev–Trinajstić information content (AvgIpc) is 2.46. The molecule has 0 aromatic carbocycles. The predicted molar refractivity (Wildman–Crippen MR) is 70.2 cm³/mol. The number of ether oxygens (including phenoxy) is 4. The van der Waals surface area contributed by atoms with Crippen LogP contribution in [0.15, 0.2) is 18.3 Å². The number of carboxylic acid groups (broad SMARTS) is 1. The van der Waals surface area contributed by atoms with Gasteiger partial charge in [0.1, 0.15) is 18.1 Å².